The Morgan fingerprint density at radius 1 is 1.20 bits per heavy atom. The monoisotopic (exact) mass is 343 g/mol. The van der Waals surface area contributed by atoms with Crippen LogP contribution in [-0.2, 0) is 17.9 Å². The summed E-state index contributed by atoms with van der Waals surface area (Å²) in [6.45, 7) is 6.32. The molecule has 1 aromatic carbocycles. The topological polar surface area (TPSA) is 58.4 Å². The molecule has 25 heavy (non-hydrogen) atoms. The highest BCUT2D eigenvalue weighted by Crippen LogP contribution is 2.26. The number of nitrogens with zero attached hydrogens (tertiary/aromatic N) is 1. The van der Waals surface area contributed by atoms with E-state index in [2.05, 4.69) is 41.4 Å². The Morgan fingerprint density at radius 3 is 2.72 bits per heavy atom. The van der Waals surface area contributed by atoms with Gasteiger partial charge in [0.2, 0.25) is 5.91 Å². The quantitative estimate of drug-likeness (QED) is 0.835. The number of hydrogen-bond donors (Lipinski definition) is 2. The maximum absolute atomic E-state index is 12.3. The van der Waals surface area contributed by atoms with Gasteiger partial charge in [0.05, 0.1) is 0 Å². The van der Waals surface area contributed by atoms with Crippen molar-refractivity contribution >= 4 is 5.91 Å². The minimum absolute atomic E-state index is 0.142. The molecular weight excluding hydrogens is 310 g/mol. The van der Waals surface area contributed by atoms with Crippen molar-refractivity contribution in [2.45, 2.75) is 64.6 Å². The minimum atomic E-state index is 0.142. The van der Waals surface area contributed by atoms with E-state index in [1.165, 1.54) is 37.1 Å². The number of rotatable bonds is 6. The first-order valence-corrected chi connectivity index (χ1v) is 9.93. The lowest BCUT2D eigenvalue weighted by Gasteiger charge is -2.31. The second-order valence-electron chi connectivity index (χ2n) is 8.09. The minimum Gasteiger partial charge on any atom is -0.352 e. The van der Waals surface area contributed by atoms with Crippen LogP contribution in [0.1, 0.15) is 56.6 Å². The molecule has 1 aliphatic heterocycles. The molecule has 1 aliphatic carbocycles. The summed E-state index contributed by atoms with van der Waals surface area (Å²) in [5.41, 5.74) is 8.67. The Morgan fingerprint density at radius 2 is 2.00 bits per heavy atom. The fourth-order valence-electron chi connectivity index (χ4n) is 4.38. The van der Waals surface area contributed by atoms with Crippen LogP contribution in [-0.4, -0.2) is 29.9 Å². The van der Waals surface area contributed by atoms with Gasteiger partial charge < -0.3 is 11.1 Å². The number of benzene rings is 1. The van der Waals surface area contributed by atoms with Gasteiger partial charge in [-0.1, -0.05) is 37.6 Å². The highest BCUT2D eigenvalue weighted by atomic mass is 16.1. The van der Waals surface area contributed by atoms with Crippen LogP contribution < -0.4 is 11.1 Å². The van der Waals surface area contributed by atoms with Crippen molar-refractivity contribution < 1.29 is 4.79 Å². The average molecular weight is 344 g/mol. The molecule has 138 valence electrons. The van der Waals surface area contributed by atoms with Crippen molar-refractivity contribution in [3.63, 3.8) is 0 Å². The molecule has 4 heteroatoms. The zero-order valence-electron chi connectivity index (χ0n) is 15.5. The van der Waals surface area contributed by atoms with Gasteiger partial charge in [-0.15, -0.1) is 0 Å². The van der Waals surface area contributed by atoms with Crippen molar-refractivity contribution in [3.8, 4) is 0 Å². The maximum Gasteiger partial charge on any atom is 0.220 e. The zero-order chi connectivity index (χ0) is 17.6. The van der Waals surface area contributed by atoms with Gasteiger partial charge in [0.25, 0.3) is 0 Å². The molecule has 2 fully saturated rings. The largest absolute Gasteiger partial charge is 0.352 e. The van der Waals surface area contributed by atoms with E-state index < -0.39 is 0 Å². The van der Waals surface area contributed by atoms with E-state index in [1.807, 2.05) is 0 Å². The molecule has 1 unspecified atom stereocenters. The second kappa shape index (κ2) is 8.81. The van der Waals surface area contributed by atoms with Gasteiger partial charge >= 0.3 is 0 Å². The lowest BCUT2D eigenvalue weighted by Crippen LogP contribution is -2.34. The smallest absolute Gasteiger partial charge is 0.220 e. The van der Waals surface area contributed by atoms with E-state index in [-0.39, 0.29) is 11.9 Å². The van der Waals surface area contributed by atoms with Crippen LogP contribution in [0.4, 0.5) is 0 Å². The Balaban J connectivity index is 1.52. The Hall–Kier alpha value is -1.39. The number of carbonyl (C=O) groups is 1. The molecule has 1 heterocycles. The van der Waals surface area contributed by atoms with E-state index in [4.69, 9.17) is 5.73 Å². The van der Waals surface area contributed by atoms with Gasteiger partial charge in [-0.25, -0.2) is 0 Å². The molecule has 0 spiro atoms. The Kier molecular flexibility index (Phi) is 6.49. The number of hydrogen-bond acceptors (Lipinski definition) is 3. The SMILES string of the molecule is CC1CCCN(Cc2ccccc2CNC(=O)C[C@@H]2CCC[C@H]2N)C1. The number of likely N-dealkylation sites (tertiary alicyclic amines) is 1. The molecule has 1 amide bonds. The summed E-state index contributed by atoms with van der Waals surface area (Å²) in [4.78, 5) is 14.8. The fourth-order valence-corrected chi connectivity index (χ4v) is 4.38. The summed E-state index contributed by atoms with van der Waals surface area (Å²) in [5.74, 6) is 1.30. The molecule has 4 nitrogen and oxygen atoms in total. The normalized spacial score (nSPS) is 27.4. The third-order valence-corrected chi connectivity index (χ3v) is 5.89. The lowest BCUT2D eigenvalue weighted by molar-refractivity contribution is -0.122. The maximum atomic E-state index is 12.3. The van der Waals surface area contributed by atoms with Crippen LogP contribution in [0.15, 0.2) is 24.3 Å². The summed E-state index contributed by atoms with van der Waals surface area (Å²) >= 11 is 0. The second-order valence-corrected chi connectivity index (χ2v) is 8.09. The summed E-state index contributed by atoms with van der Waals surface area (Å²) in [6, 6.07) is 8.72. The van der Waals surface area contributed by atoms with Gasteiger partial charge in [0.15, 0.2) is 0 Å². The van der Waals surface area contributed by atoms with Gasteiger partial charge in [-0.05, 0) is 55.2 Å². The van der Waals surface area contributed by atoms with Crippen molar-refractivity contribution in [1.29, 1.82) is 0 Å². The van der Waals surface area contributed by atoms with Crippen molar-refractivity contribution in [2.24, 2.45) is 17.6 Å². The molecule has 3 N–H and O–H groups in total. The van der Waals surface area contributed by atoms with Crippen molar-refractivity contribution in [1.82, 2.24) is 10.2 Å². The van der Waals surface area contributed by atoms with Crippen LogP contribution in [0.25, 0.3) is 0 Å². The molecule has 0 aromatic heterocycles. The fraction of sp³-hybridized carbons (Fsp3) is 0.667. The number of nitrogens with two attached hydrogens (primary N) is 1. The molecule has 1 saturated heterocycles. The van der Waals surface area contributed by atoms with E-state index in [9.17, 15) is 4.79 Å². The molecule has 2 aliphatic rings. The molecule has 0 bridgehead atoms. The zero-order valence-corrected chi connectivity index (χ0v) is 15.5. The Labute approximate surface area is 152 Å². The van der Waals surface area contributed by atoms with Gasteiger partial charge in [-0.3, -0.25) is 9.69 Å². The molecule has 0 radical (unpaired) electrons. The van der Waals surface area contributed by atoms with E-state index >= 15 is 0 Å². The summed E-state index contributed by atoms with van der Waals surface area (Å²) in [7, 11) is 0. The van der Waals surface area contributed by atoms with Crippen LogP contribution in [0.2, 0.25) is 0 Å². The highest BCUT2D eigenvalue weighted by molar-refractivity contribution is 5.76. The lowest BCUT2D eigenvalue weighted by atomic mass is 9.98. The Bertz CT molecular complexity index is 574. The van der Waals surface area contributed by atoms with Gasteiger partial charge in [0.1, 0.15) is 0 Å². The standard InChI is InChI=1S/C21H33N3O/c1-16-6-5-11-24(14-16)15-19-8-3-2-7-18(19)13-23-21(25)12-17-9-4-10-20(17)22/h2-3,7-8,16-17,20H,4-6,9-15,22H2,1H3,(H,23,25)/t16?,17-,20+/m0/s1. The molecule has 1 saturated carbocycles. The predicted molar refractivity (Wildman–Crippen MR) is 102 cm³/mol. The third-order valence-electron chi connectivity index (χ3n) is 5.89. The first kappa shape index (κ1) is 18.4. The van der Waals surface area contributed by atoms with Crippen LogP contribution >= 0.6 is 0 Å². The first-order chi connectivity index (χ1) is 12.1. The highest BCUT2D eigenvalue weighted by Gasteiger charge is 2.26. The number of nitrogens with one attached hydrogen (secondary N) is 1. The average Bonchev–Trinajstić information content (AvgIpc) is 2.99. The van der Waals surface area contributed by atoms with Gasteiger partial charge in [0, 0.05) is 32.1 Å². The van der Waals surface area contributed by atoms with Gasteiger partial charge in [-0.2, -0.15) is 0 Å². The van der Waals surface area contributed by atoms with Crippen molar-refractivity contribution in [2.75, 3.05) is 13.1 Å². The van der Waals surface area contributed by atoms with E-state index in [0.29, 0.717) is 18.9 Å². The number of piperidine rings is 1. The number of carbonyl (C=O) groups excluding carboxylic acids is 1. The summed E-state index contributed by atoms with van der Waals surface area (Å²) in [5, 5.41) is 3.12. The molecule has 1 aromatic rings. The number of amides is 1. The summed E-state index contributed by atoms with van der Waals surface area (Å²) in [6.07, 6.45) is 6.54. The van der Waals surface area contributed by atoms with Crippen molar-refractivity contribution in [3.05, 3.63) is 35.4 Å². The summed E-state index contributed by atoms with van der Waals surface area (Å²) < 4.78 is 0. The van der Waals surface area contributed by atoms with Crippen LogP contribution in [0, 0.1) is 11.8 Å². The van der Waals surface area contributed by atoms with E-state index in [1.54, 1.807) is 0 Å². The predicted octanol–water partition coefficient (Wildman–Crippen LogP) is 3.05. The third kappa shape index (κ3) is 5.29. The molecule has 3 rings (SSSR count). The van der Waals surface area contributed by atoms with Crippen LogP contribution in [0.5, 0.6) is 0 Å². The van der Waals surface area contributed by atoms with Crippen LogP contribution in [0.3, 0.4) is 0 Å². The molecule has 3 atom stereocenters. The van der Waals surface area contributed by atoms with E-state index in [0.717, 1.165) is 31.7 Å². The first-order valence-electron chi connectivity index (χ1n) is 9.93. The molecular formula is C21H33N3O.